The number of ether oxygens (including phenoxy) is 1. The Morgan fingerprint density at radius 2 is 1.36 bits per heavy atom. The first-order chi connectivity index (χ1) is 15.4. The molecule has 0 fully saturated rings. The van der Waals surface area contributed by atoms with E-state index in [9.17, 15) is 4.79 Å². The van der Waals surface area contributed by atoms with Crippen molar-refractivity contribution in [2.24, 2.45) is 5.41 Å². The number of carbonyl (C=O) groups is 1. The lowest BCUT2D eigenvalue weighted by Crippen LogP contribution is -2.17. The van der Waals surface area contributed by atoms with E-state index < -0.39 is 0 Å². The van der Waals surface area contributed by atoms with Gasteiger partial charge >= 0.3 is 0 Å². The van der Waals surface area contributed by atoms with Crippen LogP contribution >= 0.6 is 0 Å². The normalized spacial score (nSPS) is 13.0. The molecule has 3 aromatic rings. The summed E-state index contributed by atoms with van der Waals surface area (Å²) in [5, 5.41) is 0. The Bertz CT molecular complexity index is 1070. The molecule has 174 valence electrons. The quantitative estimate of drug-likeness (QED) is 0.357. The monoisotopic (exact) mass is 442 g/mol. The van der Waals surface area contributed by atoms with Crippen LogP contribution in [0.1, 0.15) is 86.7 Å². The molecule has 0 saturated carbocycles. The number of hydrogen-bond acceptors (Lipinski definition) is 2. The van der Waals surface area contributed by atoms with E-state index in [-0.39, 0.29) is 16.9 Å². The summed E-state index contributed by atoms with van der Waals surface area (Å²) in [6, 6.07) is 21.0. The number of carbonyl (C=O) groups excluding carboxylic acids is 1. The summed E-state index contributed by atoms with van der Waals surface area (Å²) in [6.45, 7) is 17.7. The highest BCUT2D eigenvalue weighted by Gasteiger charge is 2.23. The van der Waals surface area contributed by atoms with E-state index in [1.807, 2.05) is 24.3 Å². The van der Waals surface area contributed by atoms with Crippen LogP contribution in [0.25, 0.3) is 11.1 Å². The lowest BCUT2D eigenvalue weighted by atomic mass is 9.85. The Labute approximate surface area is 200 Å². The summed E-state index contributed by atoms with van der Waals surface area (Å²) in [5.41, 5.74) is 8.28. The van der Waals surface area contributed by atoms with Gasteiger partial charge in [0.1, 0.15) is 18.1 Å². The largest absolute Gasteiger partial charge is 0.486 e. The summed E-state index contributed by atoms with van der Waals surface area (Å²) >= 11 is 0. The van der Waals surface area contributed by atoms with Crippen LogP contribution in [0.3, 0.4) is 0 Å². The fourth-order valence-electron chi connectivity index (χ4n) is 4.32. The molecular formula is C31H38O2. The maximum atomic E-state index is 11.1. The van der Waals surface area contributed by atoms with Gasteiger partial charge in [-0.25, -0.2) is 0 Å². The lowest BCUT2D eigenvalue weighted by molar-refractivity contribution is 0.112. The van der Waals surface area contributed by atoms with E-state index in [1.165, 1.54) is 27.8 Å². The number of aldehydes is 1. The SMILES string of the molecule is Cc1cc(OC(CC(C)(C)C)c2ccc(C=O)cc2)cc(C)c1-c1ccc(C(C)(C)C)cc1. The molecule has 0 aliphatic rings. The smallest absolute Gasteiger partial charge is 0.150 e. The fourth-order valence-corrected chi connectivity index (χ4v) is 4.32. The first kappa shape index (κ1) is 24.8. The molecule has 0 saturated heterocycles. The molecule has 1 unspecified atom stereocenters. The number of hydrogen-bond donors (Lipinski definition) is 0. The summed E-state index contributed by atoms with van der Waals surface area (Å²) < 4.78 is 6.58. The van der Waals surface area contributed by atoms with Crippen LogP contribution in [-0.2, 0) is 5.41 Å². The fraction of sp³-hybridized carbons (Fsp3) is 0.387. The van der Waals surface area contributed by atoms with E-state index in [4.69, 9.17) is 4.74 Å². The molecule has 2 nitrogen and oxygen atoms in total. The Morgan fingerprint density at radius 3 is 1.82 bits per heavy atom. The van der Waals surface area contributed by atoms with Crippen LogP contribution in [0.15, 0.2) is 60.7 Å². The Balaban J connectivity index is 1.92. The van der Waals surface area contributed by atoms with Crippen molar-refractivity contribution in [2.45, 2.75) is 73.3 Å². The van der Waals surface area contributed by atoms with Crippen LogP contribution in [0.5, 0.6) is 5.75 Å². The van der Waals surface area contributed by atoms with Gasteiger partial charge in [0.15, 0.2) is 0 Å². The molecule has 0 spiro atoms. The number of benzene rings is 3. The molecule has 3 rings (SSSR count). The molecule has 2 heteroatoms. The highest BCUT2D eigenvalue weighted by atomic mass is 16.5. The van der Waals surface area contributed by atoms with Gasteiger partial charge in [0.25, 0.3) is 0 Å². The molecule has 0 amide bonds. The van der Waals surface area contributed by atoms with Crippen molar-refractivity contribution in [3.63, 3.8) is 0 Å². The molecule has 0 bridgehead atoms. The van der Waals surface area contributed by atoms with Gasteiger partial charge in [-0.05, 0) is 76.6 Å². The van der Waals surface area contributed by atoms with E-state index in [1.54, 1.807) is 0 Å². The molecule has 0 aliphatic carbocycles. The van der Waals surface area contributed by atoms with Crippen LogP contribution < -0.4 is 4.74 Å². The molecule has 0 N–H and O–H groups in total. The van der Waals surface area contributed by atoms with Crippen molar-refractivity contribution >= 4 is 6.29 Å². The van der Waals surface area contributed by atoms with Gasteiger partial charge < -0.3 is 4.74 Å². The van der Waals surface area contributed by atoms with Crippen molar-refractivity contribution in [1.82, 2.24) is 0 Å². The van der Waals surface area contributed by atoms with E-state index in [2.05, 4.69) is 91.8 Å². The van der Waals surface area contributed by atoms with Gasteiger partial charge in [0.05, 0.1) is 0 Å². The summed E-state index contributed by atoms with van der Waals surface area (Å²) in [4.78, 5) is 11.1. The second kappa shape index (κ2) is 9.55. The maximum absolute atomic E-state index is 11.1. The first-order valence-electron chi connectivity index (χ1n) is 11.8. The standard InChI is InChI=1S/C31H38O2/c1-21-17-27(18-22(2)29(21)25-13-15-26(16-14-25)31(6,7)8)33-28(19-30(3,4)5)24-11-9-23(20-32)10-12-24/h9-18,20,28H,19H2,1-8H3. The van der Waals surface area contributed by atoms with Gasteiger partial charge in [-0.2, -0.15) is 0 Å². The minimum atomic E-state index is -0.0820. The zero-order chi connectivity index (χ0) is 24.4. The average molecular weight is 443 g/mol. The third-order valence-electron chi connectivity index (χ3n) is 6.07. The Kier molecular flexibility index (Phi) is 7.17. The van der Waals surface area contributed by atoms with Crippen molar-refractivity contribution in [1.29, 1.82) is 0 Å². The predicted octanol–water partition coefficient (Wildman–Crippen LogP) is 8.64. The van der Waals surface area contributed by atoms with Crippen LogP contribution in [0.4, 0.5) is 0 Å². The van der Waals surface area contributed by atoms with Crippen molar-refractivity contribution < 1.29 is 9.53 Å². The molecular weight excluding hydrogens is 404 g/mol. The summed E-state index contributed by atoms with van der Waals surface area (Å²) in [5.74, 6) is 0.883. The lowest BCUT2D eigenvalue weighted by Gasteiger charge is -2.28. The van der Waals surface area contributed by atoms with Gasteiger partial charge in [-0.1, -0.05) is 90.1 Å². The first-order valence-corrected chi connectivity index (χ1v) is 11.8. The molecule has 1 atom stereocenters. The molecule has 0 heterocycles. The minimum Gasteiger partial charge on any atom is -0.486 e. The topological polar surface area (TPSA) is 26.3 Å². The highest BCUT2D eigenvalue weighted by Crippen LogP contribution is 2.37. The third kappa shape index (κ3) is 6.35. The van der Waals surface area contributed by atoms with Crippen molar-refractivity contribution in [3.05, 3.63) is 88.5 Å². The minimum absolute atomic E-state index is 0.0820. The molecule has 3 aromatic carbocycles. The van der Waals surface area contributed by atoms with Gasteiger partial charge in [0.2, 0.25) is 0 Å². The third-order valence-corrected chi connectivity index (χ3v) is 6.07. The van der Waals surface area contributed by atoms with E-state index >= 15 is 0 Å². The van der Waals surface area contributed by atoms with Gasteiger partial charge in [-0.3, -0.25) is 4.79 Å². The Morgan fingerprint density at radius 1 is 0.818 bits per heavy atom. The zero-order valence-electron chi connectivity index (χ0n) is 21.5. The van der Waals surface area contributed by atoms with E-state index in [0.717, 1.165) is 24.0 Å². The average Bonchev–Trinajstić information content (AvgIpc) is 2.71. The second-order valence-electron chi connectivity index (χ2n) is 11.4. The van der Waals surface area contributed by atoms with Crippen LogP contribution in [-0.4, -0.2) is 6.29 Å². The predicted molar refractivity (Wildman–Crippen MR) is 139 cm³/mol. The summed E-state index contributed by atoms with van der Waals surface area (Å²) in [7, 11) is 0. The molecule has 33 heavy (non-hydrogen) atoms. The maximum Gasteiger partial charge on any atom is 0.150 e. The van der Waals surface area contributed by atoms with Crippen LogP contribution in [0.2, 0.25) is 0 Å². The Hall–Kier alpha value is -2.87. The molecule has 0 aromatic heterocycles. The zero-order valence-corrected chi connectivity index (χ0v) is 21.5. The van der Waals surface area contributed by atoms with Crippen molar-refractivity contribution in [2.75, 3.05) is 0 Å². The number of aryl methyl sites for hydroxylation is 2. The highest BCUT2D eigenvalue weighted by molar-refractivity contribution is 5.74. The van der Waals surface area contributed by atoms with E-state index in [0.29, 0.717) is 5.56 Å². The number of rotatable bonds is 6. The second-order valence-corrected chi connectivity index (χ2v) is 11.4. The van der Waals surface area contributed by atoms with Crippen molar-refractivity contribution in [3.8, 4) is 16.9 Å². The van der Waals surface area contributed by atoms with Gasteiger partial charge in [0, 0.05) is 5.56 Å². The van der Waals surface area contributed by atoms with Gasteiger partial charge in [-0.15, -0.1) is 0 Å². The summed E-state index contributed by atoms with van der Waals surface area (Å²) in [6.07, 6.45) is 1.67. The molecule has 0 aliphatic heterocycles. The molecule has 0 radical (unpaired) electrons. The van der Waals surface area contributed by atoms with Crippen LogP contribution in [0, 0.1) is 19.3 Å².